The zero-order chi connectivity index (χ0) is 19.4. The number of benzene rings is 1. The van der Waals surface area contributed by atoms with Gasteiger partial charge in [-0.2, -0.15) is 15.0 Å². The fourth-order valence-electron chi connectivity index (χ4n) is 2.15. The number of esters is 1. The Hall–Kier alpha value is -2.78. The molecule has 2 heterocycles. The van der Waals surface area contributed by atoms with E-state index in [2.05, 4.69) is 19.9 Å². The molecule has 8 nitrogen and oxygen atoms in total. The summed E-state index contributed by atoms with van der Waals surface area (Å²) in [4.78, 5) is 30.4. The molecule has 2 N–H and O–H groups in total. The second kappa shape index (κ2) is 8.28. The zero-order valence-corrected chi connectivity index (χ0v) is 16.3. The van der Waals surface area contributed by atoms with Crippen molar-refractivity contribution in [2.24, 2.45) is 0 Å². The third-order valence-electron chi connectivity index (χ3n) is 3.44. The van der Waals surface area contributed by atoms with Gasteiger partial charge in [-0.05, 0) is 12.1 Å². The number of nitrogen functional groups attached to an aromatic ring is 1. The molecule has 3 rings (SSSR count). The molecule has 0 fully saturated rings. The number of nitrogens with zero attached hydrogens (tertiary/aromatic N) is 5. The summed E-state index contributed by atoms with van der Waals surface area (Å²) in [5, 5.41) is 3.21. The van der Waals surface area contributed by atoms with Crippen molar-refractivity contribution in [3.63, 3.8) is 0 Å². The van der Waals surface area contributed by atoms with Gasteiger partial charge in [-0.15, -0.1) is 11.3 Å². The molecule has 0 saturated heterocycles. The summed E-state index contributed by atoms with van der Waals surface area (Å²) in [6.07, 6.45) is 0.0688. The number of carbonyl (C=O) groups excluding carboxylic acids is 1. The van der Waals surface area contributed by atoms with Gasteiger partial charge in [0.2, 0.25) is 11.9 Å². The quantitative estimate of drug-likeness (QED) is 0.624. The Morgan fingerprint density at radius 3 is 2.63 bits per heavy atom. The molecule has 0 saturated carbocycles. The van der Waals surface area contributed by atoms with Crippen LogP contribution in [-0.2, 0) is 22.6 Å². The van der Waals surface area contributed by atoms with Crippen molar-refractivity contribution < 1.29 is 9.53 Å². The third kappa shape index (κ3) is 5.11. The fourth-order valence-corrected chi connectivity index (χ4v) is 3.07. The summed E-state index contributed by atoms with van der Waals surface area (Å²) in [5.41, 5.74) is 7.38. The number of ether oxygens (including phenoxy) is 1. The third-order valence-corrected chi connectivity index (χ3v) is 4.54. The second-order valence-electron chi connectivity index (χ2n) is 5.78. The number of hydrogen-bond donors (Lipinski definition) is 1. The average molecular weight is 405 g/mol. The van der Waals surface area contributed by atoms with Crippen molar-refractivity contribution in [3.8, 4) is 11.3 Å². The highest BCUT2D eigenvalue weighted by Crippen LogP contribution is 2.24. The lowest BCUT2D eigenvalue weighted by Gasteiger charge is -2.11. The maximum absolute atomic E-state index is 12.1. The van der Waals surface area contributed by atoms with Gasteiger partial charge in [-0.1, -0.05) is 23.7 Å². The van der Waals surface area contributed by atoms with Gasteiger partial charge in [0.15, 0.2) is 12.4 Å². The molecule has 27 heavy (non-hydrogen) atoms. The first kappa shape index (κ1) is 19.0. The molecule has 0 aliphatic rings. The van der Waals surface area contributed by atoms with E-state index in [1.807, 2.05) is 17.5 Å². The molecule has 0 aliphatic carbocycles. The largest absolute Gasteiger partial charge is 0.457 e. The minimum absolute atomic E-state index is 0.0688. The standard InChI is InChI=1S/C17H17ClN6O2S/c1-24(2)17-22-13(21-16(19)23-17)8-26-15(25)7-14-20-12(9-27-14)10-3-5-11(18)6-4-10/h3-6,9H,7-8H2,1-2H3,(H2,19,21,22,23). The smallest absolute Gasteiger partial charge is 0.313 e. The monoisotopic (exact) mass is 404 g/mol. The van der Waals surface area contributed by atoms with Crippen LogP contribution in [-0.4, -0.2) is 40.0 Å². The fraction of sp³-hybridized carbons (Fsp3) is 0.235. The van der Waals surface area contributed by atoms with E-state index in [4.69, 9.17) is 22.1 Å². The van der Waals surface area contributed by atoms with Gasteiger partial charge in [0.25, 0.3) is 0 Å². The number of thiazole rings is 1. The average Bonchev–Trinajstić information content (AvgIpc) is 3.08. The summed E-state index contributed by atoms with van der Waals surface area (Å²) in [6.45, 7) is -0.0815. The predicted octanol–water partition coefficient (Wildman–Crippen LogP) is 2.58. The van der Waals surface area contributed by atoms with E-state index in [1.54, 1.807) is 31.1 Å². The Kier molecular flexibility index (Phi) is 5.82. The van der Waals surface area contributed by atoms with Crippen LogP contribution in [0.25, 0.3) is 11.3 Å². The number of halogens is 1. The van der Waals surface area contributed by atoms with Gasteiger partial charge < -0.3 is 15.4 Å². The highest BCUT2D eigenvalue weighted by Gasteiger charge is 2.13. The highest BCUT2D eigenvalue weighted by molar-refractivity contribution is 7.10. The highest BCUT2D eigenvalue weighted by atomic mass is 35.5. The van der Waals surface area contributed by atoms with Crippen molar-refractivity contribution in [2.45, 2.75) is 13.0 Å². The molecule has 0 unspecified atom stereocenters. The molecule has 1 aromatic carbocycles. The lowest BCUT2D eigenvalue weighted by Crippen LogP contribution is -2.17. The van der Waals surface area contributed by atoms with Crippen molar-refractivity contribution in [1.29, 1.82) is 0 Å². The molecular weight excluding hydrogens is 388 g/mol. The summed E-state index contributed by atoms with van der Waals surface area (Å²) in [5.74, 6) is 0.353. The Bertz CT molecular complexity index is 945. The van der Waals surface area contributed by atoms with Gasteiger partial charge in [0, 0.05) is 30.1 Å². The van der Waals surface area contributed by atoms with Crippen molar-refractivity contribution in [1.82, 2.24) is 19.9 Å². The summed E-state index contributed by atoms with van der Waals surface area (Å²) >= 11 is 7.29. The molecule has 10 heteroatoms. The lowest BCUT2D eigenvalue weighted by atomic mass is 10.2. The van der Waals surface area contributed by atoms with Crippen LogP contribution in [0, 0.1) is 0 Å². The normalized spacial score (nSPS) is 10.6. The molecule has 3 aromatic rings. The van der Waals surface area contributed by atoms with E-state index in [1.165, 1.54) is 11.3 Å². The maximum atomic E-state index is 12.1. The van der Waals surface area contributed by atoms with E-state index < -0.39 is 5.97 Å². The van der Waals surface area contributed by atoms with Gasteiger partial charge >= 0.3 is 5.97 Å². The van der Waals surface area contributed by atoms with Crippen LogP contribution in [0.4, 0.5) is 11.9 Å². The number of hydrogen-bond acceptors (Lipinski definition) is 9. The Morgan fingerprint density at radius 2 is 1.93 bits per heavy atom. The first-order chi connectivity index (χ1) is 12.9. The van der Waals surface area contributed by atoms with Gasteiger partial charge in [0.05, 0.1) is 12.1 Å². The van der Waals surface area contributed by atoms with Crippen LogP contribution in [0.2, 0.25) is 5.02 Å². The Labute approximate surface area is 165 Å². The van der Waals surface area contributed by atoms with Gasteiger partial charge in [-0.25, -0.2) is 4.98 Å². The summed E-state index contributed by atoms with van der Waals surface area (Å²) in [6, 6.07) is 7.36. The minimum Gasteiger partial charge on any atom is -0.457 e. The summed E-state index contributed by atoms with van der Waals surface area (Å²) in [7, 11) is 3.57. The van der Waals surface area contributed by atoms with Crippen LogP contribution < -0.4 is 10.6 Å². The molecule has 0 bridgehead atoms. The maximum Gasteiger partial charge on any atom is 0.313 e. The first-order valence-corrected chi connectivity index (χ1v) is 9.20. The summed E-state index contributed by atoms with van der Waals surface area (Å²) < 4.78 is 5.24. The molecule has 2 aromatic heterocycles. The van der Waals surface area contributed by atoms with Crippen LogP contribution in [0.15, 0.2) is 29.6 Å². The number of carbonyl (C=O) groups is 1. The first-order valence-electron chi connectivity index (χ1n) is 7.94. The van der Waals surface area contributed by atoms with Crippen LogP contribution >= 0.6 is 22.9 Å². The molecule has 0 radical (unpaired) electrons. The van der Waals surface area contributed by atoms with Gasteiger partial charge in [-0.3, -0.25) is 4.79 Å². The molecule has 0 atom stereocenters. The van der Waals surface area contributed by atoms with Crippen LogP contribution in [0.3, 0.4) is 0 Å². The van der Waals surface area contributed by atoms with E-state index in [9.17, 15) is 4.79 Å². The Morgan fingerprint density at radius 1 is 1.19 bits per heavy atom. The van der Waals surface area contributed by atoms with E-state index in [0.29, 0.717) is 21.8 Å². The SMILES string of the molecule is CN(C)c1nc(N)nc(COC(=O)Cc2nc(-c3ccc(Cl)cc3)cs2)n1. The van der Waals surface area contributed by atoms with Crippen molar-refractivity contribution in [3.05, 3.63) is 45.5 Å². The molecule has 140 valence electrons. The van der Waals surface area contributed by atoms with Gasteiger partial charge in [0.1, 0.15) is 5.01 Å². The second-order valence-corrected chi connectivity index (χ2v) is 7.15. The van der Waals surface area contributed by atoms with Crippen LogP contribution in [0.5, 0.6) is 0 Å². The number of nitrogens with two attached hydrogens (primary N) is 1. The Balaban J connectivity index is 1.59. The van der Waals surface area contributed by atoms with E-state index in [-0.39, 0.29) is 19.0 Å². The molecule has 0 amide bonds. The minimum atomic E-state index is -0.419. The molecule has 0 spiro atoms. The van der Waals surface area contributed by atoms with Crippen molar-refractivity contribution in [2.75, 3.05) is 24.7 Å². The van der Waals surface area contributed by atoms with Crippen LogP contribution in [0.1, 0.15) is 10.8 Å². The van der Waals surface area contributed by atoms with E-state index >= 15 is 0 Å². The number of rotatable bonds is 6. The molecular formula is C17H17ClN6O2S. The lowest BCUT2D eigenvalue weighted by molar-refractivity contribution is -0.144. The zero-order valence-electron chi connectivity index (χ0n) is 14.7. The molecule has 0 aliphatic heterocycles. The topological polar surface area (TPSA) is 107 Å². The van der Waals surface area contributed by atoms with E-state index in [0.717, 1.165) is 11.3 Å². The number of anilines is 2. The predicted molar refractivity (Wildman–Crippen MR) is 105 cm³/mol. The number of aromatic nitrogens is 4. The van der Waals surface area contributed by atoms with Crippen molar-refractivity contribution >= 4 is 40.8 Å².